The molecular weight excluding hydrogens is 210 g/mol. The van der Waals surface area contributed by atoms with E-state index in [2.05, 4.69) is 10.6 Å². The van der Waals surface area contributed by atoms with Crippen molar-refractivity contribution in [3.05, 3.63) is 0 Å². The Morgan fingerprint density at radius 3 is 2.88 bits per heavy atom. The molecule has 3 amide bonds. The fourth-order valence-electron chi connectivity index (χ4n) is 1.91. The maximum Gasteiger partial charge on any atom is 0.321 e. The summed E-state index contributed by atoms with van der Waals surface area (Å²) in [6.07, 6.45) is 1.79. The van der Waals surface area contributed by atoms with Crippen LogP contribution in [0.3, 0.4) is 0 Å². The molecule has 3 N–H and O–H groups in total. The van der Waals surface area contributed by atoms with Gasteiger partial charge in [0.1, 0.15) is 0 Å². The van der Waals surface area contributed by atoms with Crippen molar-refractivity contribution in [2.45, 2.75) is 12.8 Å². The molecule has 0 saturated carbocycles. The molecule has 0 aromatic heterocycles. The monoisotopic (exact) mass is 229 g/mol. The standard InChI is InChI=1S/C10H19N3O3/c1-11-10(16)12-9(15)7-13-4-2-8(6-13)3-5-14/h8,14H,2-7H2,1H3,(H2,11,12,15,16). The highest BCUT2D eigenvalue weighted by Gasteiger charge is 2.23. The van der Waals surface area contributed by atoms with E-state index in [1.165, 1.54) is 7.05 Å². The molecule has 0 aliphatic carbocycles. The predicted octanol–water partition coefficient (Wildman–Crippen LogP) is -0.854. The molecule has 0 spiro atoms. The van der Waals surface area contributed by atoms with Gasteiger partial charge in [0, 0.05) is 20.2 Å². The Balaban J connectivity index is 2.23. The summed E-state index contributed by atoms with van der Waals surface area (Å²) < 4.78 is 0. The van der Waals surface area contributed by atoms with Crippen LogP contribution >= 0.6 is 0 Å². The molecule has 1 saturated heterocycles. The number of carbonyl (C=O) groups is 2. The lowest BCUT2D eigenvalue weighted by atomic mass is 10.1. The van der Waals surface area contributed by atoms with E-state index >= 15 is 0 Å². The van der Waals surface area contributed by atoms with E-state index in [1.807, 2.05) is 4.90 Å². The maximum atomic E-state index is 11.4. The first-order valence-corrected chi connectivity index (χ1v) is 5.50. The smallest absolute Gasteiger partial charge is 0.321 e. The number of rotatable bonds is 4. The summed E-state index contributed by atoms with van der Waals surface area (Å²) in [7, 11) is 1.47. The van der Waals surface area contributed by atoms with Crippen LogP contribution in [-0.2, 0) is 4.79 Å². The van der Waals surface area contributed by atoms with Crippen molar-refractivity contribution in [3.8, 4) is 0 Å². The van der Waals surface area contributed by atoms with Gasteiger partial charge in [-0.3, -0.25) is 15.0 Å². The third kappa shape index (κ3) is 4.16. The molecule has 0 radical (unpaired) electrons. The number of aliphatic hydroxyl groups excluding tert-OH is 1. The SMILES string of the molecule is CNC(=O)NC(=O)CN1CCC(CCO)C1. The Hall–Kier alpha value is -1.14. The Labute approximate surface area is 95.0 Å². The number of hydrogen-bond acceptors (Lipinski definition) is 4. The number of carbonyl (C=O) groups excluding carboxylic acids is 2. The second-order valence-corrected chi connectivity index (χ2v) is 4.03. The van der Waals surface area contributed by atoms with Gasteiger partial charge in [-0.1, -0.05) is 0 Å². The third-order valence-electron chi connectivity index (χ3n) is 2.75. The van der Waals surface area contributed by atoms with Crippen LogP contribution < -0.4 is 10.6 Å². The molecule has 1 unspecified atom stereocenters. The minimum Gasteiger partial charge on any atom is -0.396 e. The normalized spacial score (nSPS) is 20.8. The van der Waals surface area contributed by atoms with Gasteiger partial charge < -0.3 is 10.4 Å². The zero-order chi connectivity index (χ0) is 12.0. The average Bonchev–Trinajstić information content (AvgIpc) is 2.65. The van der Waals surface area contributed by atoms with Crippen LogP contribution in [0.2, 0.25) is 0 Å². The second kappa shape index (κ2) is 6.44. The first kappa shape index (κ1) is 12.9. The Morgan fingerprint density at radius 2 is 2.25 bits per heavy atom. The van der Waals surface area contributed by atoms with Crippen molar-refractivity contribution >= 4 is 11.9 Å². The number of amides is 3. The van der Waals surface area contributed by atoms with Crippen LogP contribution in [0.15, 0.2) is 0 Å². The van der Waals surface area contributed by atoms with E-state index in [4.69, 9.17) is 5.11 Å². The van der Waals surface area contributed by atoms with Crippen LogP contribution in [0.1, 0.15) is 12.8 Å². The van der Waals surface area contributed by atoms with Gasteiger partial charge in [-0.05, 0) is 25.3 Å². The number of nitrogens with one attached hydrogen (secondary N) is 2. The summed E-state index contributed by atoms with van der Waals surface area (Å²) >= 11 is 0. The minimum absolute atomic E-state index is 0.197. The number of imide groups is 1. The quantitative estimate of drug-likeness (QED) is 0.586. The van der Waals surface area contributed by atoms with Gasteiger partial charge in [0.25, 0.3) is 0 Å². The highest BCUT2D eigenvalue weighted by atomic mass is 16.3. The van der Waals surface area contributed by atoms with Crippen LogP contribution in [0, 0.1) is 5.92 Å². The minimum atomic E-state index is -0.476. The lowest BCUT2D eigenvalue weighted by Crippen LogP contribution is -2.43. The van der Waals surface area contributed by atoms with Crippen molar-refractivity contribution in [1.82, 2.24) is 15.5 Å². The summed E-state index contributed by atoms with van der Waals surface area (Å²) in [5.41, 5.74) is 0. The van der Waals surface area contributed by atoms with E-state index in [0.29, 0.717) is 5.92 Å². The number of hydrogen-bond donors (Lipinski definition) is 3. The second-order valence-electron chi connectivity index (χ2n) is 4.03. The van der Waals surface area contributed by atoms with Gasteiger partial charge in [-0.15, -0.1) is 0 Å². The summed E-state index contributed by atoms with van der Waals surface area (Å²) in [6.45, 7) is 2.12. The van der Waals surface area contributed by atoms with Crippen LogP contribution in [0.4, 0.5) is 4.79 Å². The molecule has 16 heavy (non-hydrogen) atoms. The van der Waals surface area contributed by atoms with Crippen LogP contribution in [0.25, 0.3) is 0 Å². The van der Waals surface area contributed by atoms with E-state index < -0.39 is 6.03 Å². The summed E-state index contributed by atoms with van der Waals surface area (Å²) in [5.74, 6) is 0.182. The predicted molar refractivity (Wildman–Crippen MR) is 58.8 cm³/mol. The Morgan fingerprint density at radius 1 is 1.50 bits per heavy atom. The first-order valence-electron chi connectivity index (χ1n) is 5.50. The van der Waals surface area contributed by atoms with Crippen molar-refractivity contribution in [1.29, 1.82) is 0 Å². The molecule has 1 heterocycles. The lowest BCUT2D eigenvalue weighted by Gasteiger charge is -2.14. The highest BCUT2D eigenvalue weighted by molar-refractivity contribution is 5.95. The van der Waals surface area contributed by atoms with Crippen LogP contribution in [-0.4, -0.2) is 55.2 Å². The van der Waals surface area contributed by atoms with Crippen molar-refractivity contribution < 1.29 is 14.7 Å². The number of urea groups is 1. The summed E-state index contributed by atoms with van der Waals surface area (Å²) in [6, 6.07) is -0.476. The molecule has 0 aromatic carbocycles. The fraction of sp³-hybridized carbons (Fsp3) is 0.800. The van der Waals surface area contributed by atoms with Gasteiger partial charge in [0.05, 0.1) is 6.54 Å². The largest absolute Gasteiger partial charge is 0.396 e. The highest BCUT2D eigenvalue weighted by Crippen LogP contribution is 2.18. The first-order chi connectivity index (χ1) is 7.65. The van der Waals surface area contributed by atoms with Crippen molar-refractivity contribution in [2.75, 3.05) is 33.3 Å². The maximum absolute atomic E-state index is 11.4. The van der Waals surface area contributed by atoms with E-state index in [-0.39, 0.29) is 19.1 Å². The van der Waals surface area contributed by atoms with Crippen molar-refractivity contribution in [3.63, 3.8) is 0 Å². The molecule has 6 nitrogen and oxygen atoms in total. The zero-order valence-corrected chi connectivity index (χ0v) is 9.53. The summed E-state index contributed by atoms with van der Waals surface area (Å²) in [4.78, 5) is 24.2. The molecule has 1 fully saturated rings. The molecule has 1 rings (SSSR count). The molecule has 1 aliphatic rings. The van der Waals surface area contributed by atoms with Crippen molar-refractivity contribution in [2.24, 2.45) is 5.92 Å². The third-order valence-corrected chi connectivity index (χ3v) is 2.75. The molecule has 0 bridgehead atoms. The number of aliphatic hydroxyl groups is 1. The van der Waals surface area contributed by atoms with Gasteiger partial charge >= 0.3 is 6.03 Å². The molecular formula is C10H19N3O3. The molecule has 1 atom stereocenters. The van der Waals surface area contributed by atoms with Gasteiger partial charge in [-0.2, -0.15) is 0 Å². The fourth-order valence-corrected chi connectivity index (χ4v) is 1.91. The van der Waals surface area contributed by atoms with E-state index in [0.717, 1.165) is 25.9 Å². The Kier molecular flexibility index (Phi) is 5.21. The topological polar surface area (TPSA) is 81.7 Å². The molecule has 6 heteroatoms. The molecule has 0 aromatic rings. The number of nitrogens with zero attached hydrogens (tertiary/aromatic N) is 1. The van der Waals surface area contributed by atoms with E-state index in [1.54, 1.807) is 0 Å². The molecule has 1 aliphatic heterocycles. The Bertz CT molecular complexity index is 258. The zero-order valence-electron chi connectivity index (χ0n) is 9.53. The lowest BCUT2D eigenvalue weighted by molar-refractivity contribution is -0.120. The van der Waals surface area contributed by atoms with Gasteiger partial charge in [-0.25, -0.2) is 4.79 Å². The summed E-state index contributed by atoms with van der Waals surface area (Å²) in [5, 5.41) is 13.3. The van der Waals surface area contributed by atoms with Gasteiger partial charge in [0.2, 0.25) is 5.91 Å². The van der Waals surface area contributed by atoms with Crippen LogP contribution in [0.5, 0.6) is 0 Å². The molecule has 92 valence electrons. The van der Waals surface area contributed by atoms with Gasteiger partial charge in [0.15, 0.2) is 0 Å². The number of likely N-dealkylation sites (tertiary alicyclic amines) is 1. The van der Waals surface area contributed by atoms with E-state index in [9.17, 15) is 9.59 Å². The average molecular weight is 229 g/mol.